The summed E-state index contributed by atoms with van der Waals surface area (Å²) in [4.78, 5) is 0. The Morgan fingerprint density at radius 2 is 1.91 bits per heavy atom. The van der Waals surface area contributed by atoms with Crippen molar-refractivity contribution in [3.05, 3.63) is 0 Å². The third-order valence-electron chi connectivity index (χ3n) is 3.06. The van der Waals surface area contributed by atoms with Crippen molar-refractivity contribution >= 4 is 0 Å². The van der Waals surface area contributed by atoms with Crippen LogP contribution in [0, 0.1) is 11.8 Å². The zero-order valence-electron chi connectivity index (χ0n) is 7.76. The van der Waals surface area contributed by atoms with Crippen LogP contribution in [-0.4, -0.2) is 19.1 Å². The van der Waals surface area contributed by atoms with E-state index in [9.17, 15) is 5.11 Å². The average molecular weight is 269 g/mol. The topological polar surface area (TPSA) is 20.2 Å². The van der Waals surface area contributed by atoms with Crippen molar-refractivity contribution in [2.45, 2.75) is 37.2 Å². The molecule has 0 aromatic rings. The minimum absolute atomic E-state index is 0.00850. The van der Waals surface area contributed by atoms with E-state index in [1.807, 2.05) is 0 Å². The maximum atomic E-state index is 9.61. The standard InChI is InChI=1S/C9H18IO/c1-6-7(2)9(3,4)10-5-8(6)11/h6-8,11H,5H2,1-4H3/q-1/t6-,7+,8-/m0/s1. The number of alkyl halides is 2. The van der Waals surface area contributed by atoms with Crippen LogP contribution < -0.4 is 21.2 Å². The second-order valence-electron chi connectivity index (χ2n) is 4.07. The van der Waals surface area contributed by atoms with E-state index in [0.29, 0.717) is 15.3 Å². The van der Waals surface area contributed by atoms with Crippen molar-refractivity contribution in [3.8, 4) is 0 Å². The normalized spacial score (nSPS) is 44.6. The first-order valence-electron chi connectivity index (χ1n) is 4.23. The Kier molecular flexibility index (Phi) is 2.85. The van der Waals surface area contributed by atoms with Gasteiger partial charge in [-0.2, -0.15) is 0 Å². The number of hydrogen-bond donors (Lipinski definition) is 1. The number of halogens is 1. The SMILES string of the molecule is C[C@H]1[C@@H](C)C(C)(C)[I-]C[C@@H]1O. The molecule has 0 amide bonds. The van der Waals surface area contributed by atoms with Gasteiger partial charge < -0.3 is 0 Å². The second-order valence-corrected chi connectivity index (χ2v) is 8.49. The van der Waals surface area contributed by atoms with Gasteiger partial charge in [0.2, 0.25) is 0 Å². The van der Waals surface area contributed by atoms with Gasteiger partial charge in [-0.1, -0.05) is 0 Å². The molecule has 0 aliphatic carbocycles. The summed E-state index contributed by atoms with van der Waals surface area (Å²) in [6, 6.07) is 0. The van der Waals surface area contributed by atoms with Gasteiger partial charge in [-0.15, -0.1) is 0 Å². The fraction of sp³-hybridized carbons (Fsp3) is 1.00. The minimum atomic E-state index is -0.00850. The molecule has 11 heavy (non-hydrogen) atoms. The third-order valence-corrected chi connectivity index (χ3v) is 7.35. The van der Waals surface area contributed by atoms with Gasteiger partial charge in [-0.3, -0.25) is 0 Å². The van der Waals surface area contributed by atoms with Crippen LogP contribution in [0.2, 0.25) is 0 Å². The van der Waals surface area contributed by atoms with Crippen molar-refractivity contribution < 1.29 is 26.3 Å². The molecule has 1 fully saturated rings. The number of aliphatic hydroxyl groups is 1. The molecule has 1 rings (SSSR count). The van der Waals surface area contributed by atoms with Crippen LogP contribution in [0.25, 0.3) is 0 Å². The van der Waals surface area contributed by atoms with Crippen LogP contribution in [0.4, 0.5) is 0 Å². The Bertz CT molecular complexity index is 144. The molecule has 1 aliphatic heterocycles. The summed E-state index contributed by atoms with van der Waals surface area (Å²) in [5.41, 5.74) is 0. The van der Waals surface area contributed by atoms with Crippen molar-refractivity contribution in [1.82, 2.24) is 0 Å². The van der Waals surface area contributed by atoms with Gasteiger partial charge in [-0.05, 0) is 0 Å². The van der Waals surface area contributed by atoms with E-state index in [-0.39, 0.29) is 27.3 Å². The van der Waals surface area contributed by atoms with E-state index in [4.69, 9.17) is 0 Å². The van der Waals surface area contributed by atoms with Crippen molar-refractivity contribution in [2.24, 2.45) is 11.8 Å². The quantitative estimate of drug-likeness (QED) is 0.419. The predicted octanol–water partition coefficient (Wildman–Crippen LogP) is -1.50. The summed E-state index contributed by atoms with van der Waals surface area (Å²) in [5.74, 6) is 1.19. The van der Waals surface area contributed by atoms with Crippen LogP contribution in [-0.2, 0) is 0 Å². The summed E-state index contributed by atoms with van der Waals surface area (Å²) in [6.45, 7) is 9.17. The van der Waals surface area contributed by atoms with Crippen LogP contribution in [0.15, 0.2) is 0 Å². The molecule has 0 radical (unpaired) electrons. The maximum absolute atomic E-state index is 9.61. The molecule has 0 aromatic heterocycles. The molecule has 2 heteroatoms. The van der Waals surface area contributed by atoms with Gasteiger partial charge in [0.05, 0.1) is 0 Å². The molecule has 0 aromatic carbocycles. The van der Waals surface area contributed by atoms with Crippen LogP contribution in [0.3, 0.4) is 0 Å². The van der Waals surface area contributed by atoms with Crippen LogP contribution >= 0.6 is 0 Å². The molecule has 0 spiro atoms. The van der Waals surface area contributed by atoms with Gasteiger partial charge in [0.25, 0.3) is 0 Å². The Labute approximate surface area is 79.8 Å². The van der Waals surface area contributed by atoms with Gasteiger partial charge in [-0.25, -0.2) is 0 Å². The monoisotopic (exact) mass is 269 g/mol. The first kappa shape index (κ1) is 9.78. The molecule has 68 valence electrons. The molecule has 1 nitrogen and oxygen atoms in total. The molecular formula is C9H18IO-. The fourth-order valence-electron chi connectivity index (χ4n) is 1.50. The summed E-state index contributed by atoms with van der Waals surface area (Å²) < 4.78 is 1.63. The molecule has 1 aliphatic rings. The number of aliphatic hydroxyl groups excluding tert-OH is 1. The number of hydrogen-bond acceptors (Lipinski definition) is 1. The molecule has 1 heterocycles. The Morgan fingerprint density at radius 1 is 1.36 bits per heavy atom. The Balaban J connectivity index is 2.67. The predicted molar refractivity (Wildman–Crippen MR) is 43.3 cm³/mol. The zero-order valence-corrected chi connectivity index (χ0v) is 9.92. The van der Waals surface area contributed by atoms with E-state index >= 15 is 0 Å². The first-order valence-corrected chi connectivity index (χ1v) is 6.84. The van der Waals surface area contributed by atoms with E-state index in [1.54, 1.807) is 0 Å². The van der Waals surface area contributed by atoms with Gasteiger partial charge in [0.15, 0.2) is 0 Å². The van der Waals surface area contributed by atoms with Crippen molar-refractivity contribution in [2.75, 3.05) is 4.43 Å². The summed E-state index contributed by atoms with van der Waals surface area (Å²) in [6.07, 6.45) is -0.00850. The fourth-order valence-corrected chi connectivity index (χ4v) is 5.15. The van der Waals surface area contributed by atoms with Gasteiger partial charge in [0.1, 0.15) is 0 Å². The van der Waals surface area contributed by atoms with E-state index in [1.165, 1.54) is 0 Å². The van der Waals surface area contributed by atoms with Crippen LogP contribution in [0.1, 0.15) is 27.7 Å². The summed E-state index contributed by atoms with van der Waals surface area (Å²) >= 11 is 0.211. The van der Waals surface area contributed by atoms with Gasteiger partial charge >= 0.3 is 79.8 Å². The summed E-state index contributed by atoms with van der Waals surface area (Å²) in [5, 5.41) is 9.61. The molecule has 1 N–H and O–H groups in total. The van der Waals surface area contributed by atoms with Crippen molar-refractivity contribution in [1.29, 1.82) is 0 Å². The van der Waals surface area contributed by atoms with E-state index < -0.39 is 0 Å². The summed E-state index contributed by atoms with van der Waals surface area (Å²) in [7, 11) is 0. The van der Waals surface area contributed by atoms with Crippen LogP contribution in [0.5, 0.6) is 0 Å². The van der Waals surface area contributed by atoms with Crippen molar-refractivity contribution in [3.63, 3.8) is 0 Å². The Morgan fingerprint density at radius 3 is 2.36 bits per heavy atom. The zero-order chi connectivity index (χ0) is 8.65. The molecule has 0 bridgehead atoms. The molecule has 0 saturated carbocycles. The van der Waals surface area contributed by atoms with Gasteiger partial charge in [0, 0.05) is 0 Å². The van der Waals surface area contributed by atoms with E-state index in [0.717, 1.165) is 4.43 Å². The average Bonchev–Trinajstić information content (AvgIpc) is 1.95. The first-order chi connectivity index (χ1) is 4.95. The number of rotatable bonds is 0. The molecule has 3 atom stereocenters. The van der Waals surface area contributed by atoms with E-state index in [2.05, 4.69) is 27.7 Å². The Hall–Kier alpha value is 0.690. The molecular weight excluding hydrogens is 251 g/mol. The molecule has 1 saturated heterocycles. The molecule has 0 unspecified atom stereocenters. The second kappa shape index (κ2) is 3.21. The third kappa shape index (κ3) is 1.89.